The molecule has 1 amide bonds. The van der Waals surface area contributed by atoms with Crippen LogP contribution in [0.2, 0.25) is 0 Å². The van der Waals surface area contributed by atoms with Gasteiger partial charge in [-0.1, -0.05) is 32.0 Å². The molecule has 0 radical (unpaired) electrons. The Balaban J connectivity index is 1.89. The van der Waals surface area contributed by atoms with E-state index in [1.807, 2.05) is 13.8 Å². The zero-order chi connectivity index (χ0) is 13.6. The van der Waals surface area contributed by atoms with Crippen molar-refractivity contribution in [3.63, 3.8) is 0 Å². The molecule has 0 aromatic heterocycles. The monoisotopic (exact) mass is 258 g/mol. The Hall–Kier alpha value is -1.51. The van der Waals surface area contributed by atoms with Crippen LogP contribution >= 0.6 is 0 Å². The highest BCUT2D eigenvalue weighted by atomic mass is 16.2. The Bertz CT molecular complexity index is 497. The van der Waals surface area contributed by atoms with Crippen molar-refractivity contribution in [3.8, 4) is 0 Å². The Labute approximate surface area is 115 Å². The maximum absolute atomic E-state index is 12.2. The predicted molar refractivity (Wildman–Crippen MR) is 77.4 cm³/mol. The number of fused-ring (bicyclic) bond motifs is 3. The van der Waals surface area contributed by atoms with Gasteiger partial charge < -0.3 is 9.80 Å². The first-order valence-corrected chi connectivity index (χ1v) is 7.16. The van der Waals surface area contributed by atoms with Gasteiger partial charge in [0.1, 0.15) is 0 Å². The van der Waals surface area contributed by atoms with E-state index in [1.54, 1.807) is 0 Å². The summed E-state index contributed by atoms with van der Waals surface area (Å²) in [4.78, 5) is 16.6. The van der Waals surface area contributed by atoms with Crippen molar-refractivity contribution in [2.75, 3.05) is 31.6 Å². The maximum Gasteiger partial charge on any atom is 0.225 e. The number of amides is 1. The van der Waals surface area contributed by atoms with Crippen LogP contribution in [0.15, 0.2) is 24.3 Å². The maximum atomic E-state index is 12.2. The lowest BCUT2D eigenvalue weighted by atomic mass is 9.84. The van der Waals surface area contributed by atoms with Crippen molar-refractivity contribution in [2.24, 2.45) is 11.8 Å². The molecule has 0 aliphatic carbocycles. The van der Waals surface area contributed by atoms with Crippen LogP contribution < -0.4 is 4.90 Å². The van der Waals surface area contributed by atoms with Gasteiger partial charge in [-0.3, -0.25) is 4.79 Å². The molecule has 0 spiro atoms. The van der Waals surface area contributed by atoms with Crippen molar-refractivity contribution >= 4 is 11.6 Å². The van der Waals surface area contributed by atoms with Gasteiger partial charge in [0.15, 0.2) is 0 Å². The molecule has 1 fully saturated rings. The lowest BCUT2D eigenvalue weighted by Gasteiger charge is -2.35. The first kappa shape index (κ1) is 12.5. The average molecular weight is 258 g/mol. The van der Waals surface area contributed by atoms with Crippen molar-refractivity contribution in [1.29, 1.82) is 0 Å². The highest BCUT2D eigenvalue weighted by Crippen LogP contribution is 2.42. The van der Waals surface area contributed by atoms with E-state index in [2.05, 4.69) is 41.1 Å². The van der Waals surface area contributed by atoms with Crippen LogP contribution in [0.5, 0.6) is 0 Å². The Morgan fingerprint density at radius 3 is 2.68 bits per heavy atom. The van der Waals surface area contributed by atoms with Crippen molar-refractivity contribution in [2.45, 2.75) is 19.8 Å². The smallest absolute Gasteiger partial charge is 0.225 e. The van der Waals surface area contributed by atoms with Crippen LogP contribution in [0, 0.1) is 11.8 Å². The van der Waals surface area contributed by atoms with Crippen molar-refractivity contribution in [1.82, 2.24) is 4.90 Å². The average Bonchev–Trinajstić information content (AvgIpc) is 2.82. The molecule has 0 saturated carbocycles. The van der Waals surface area contributed by atoms with Gasteiger partial charge in [0, 0.05) is 50.1 Å². The molecular formula is C16H22N2O. The molecule has 3 nitrogen and oxygen atoms in total. The molecule has 1 aromatic carbocycles. The number of rotatable bonds is 1. The Morgan fingerprint density at radius 2 is 1.95 bits per heavy atom. The predicted octanol–water partition coefficient (Wildman–Crippen LogP) is 2.33. The van der Waals surface area contributed by atoms with Crippen LogP contribution in [-0.2, 0) is 4.79 Å². The summed E-state index contributed by atoms with van der Waals surface area (Å²) in [6, 6.07) is 8.63. The second-order valence-corrected chi connectivity index (χ2v) is 6.20. The van der Waals surface area contributed by atoms with E-state index < -0.39 is 0 Å². The summed E-state index contributed by atoms with van der Waals surface area (Å²) in [6.07, 6.45) is 0. The Kier molecular flexibility index (Phi) is 3.00. The fraction of sp³-hybridized carbons (Fsp3) is 0.562. The lowest BCUT2D eigenvalue weighted by Crippen LogP contribution is -2.35. The van der Waals surface area contributed by atoms with E-state index in [1.165, 1.54) is 11.3 Å². The van der Waals surface area contributed by atoms with Gasteiger partial charge in [-0.25, -0.2) is 0 Å². The van der Waals surface area contributed by atoms with E-state index in [-0.39, 0.29) is 5.92 Å². The second kappa shape index (κ2) is 4.55. The van der Waals surface area contributed by atoms with E-state index in [4.69, 9.17) is 0 Å². The zero-order valence-electron chi connectivity index (χ0n) is 12.0. The number of benzene rings is 1. The van der Waals surface area contributed by atoms with Crippen LogP contribution in [0.3, 0.4) is 0 Å². The summed E-state index contributed by atoms with van der Waals surface area (Å²) < 4.78 is 0. The fourth-order valence-corrected chi connectivity index (χ4v) is 3.55. The molecule has 2 heterocycles. The van der Waals surface area contributed by atoms with Crippen LogP contribution in [0.1, 0.15) is 25.3 Å². The number of likely N-dealkylation sites (tertiary alicyclic amines) is 1. The topological polar surface area (TPSA) is 23.6 Å². The standard InChI is InChI=1S/C16H22N2O/c1-11(2)16(19)18-9-12-8-17(3)15-7-5-4-6-13(15)14(12)10-18/h4-7,11-12,14H,8-10H2,1-3H3/t12-,14-/m1/s1. The molecule has 19 heavy (non-hydrogen) atoms. The summed E-state index contributed by atoms with van der Waals surface area (Å²) in [5.41, 5.74) is 2.75. The SMILES string of the molecule is CC(C)C(=O)N1C[C@H]2CN(C)c3ccccc3[C@@H]2C1. The number of carbonyl (C=O) groups excluding carboxylic acids is 1. The van der Waals surface area contributed by atoms with E-state index in [0.717, 1.165) is 19.6 Å². The largest absolute Gasteiger partial charge is 0.374 e. The first-order chi connectivity index (χ1) is 9.08. The number of anilines is 1. The molecule has 3 rings (SSSR count). The van der Waals surface area contributed by atoms with Gasteiger partial charge in [0.05, 0.1) is 0 Å². The van der Waals surface area contributed by atoms with Crippen molar-refractivity contribution < 1.29 is 4.79 Å². The van der Waals surface area contributed by atoms with E-state index >= 15 is 0 Å². The van der Waals surface area contributed by atoms with Crippen LogP contribution in [0.25, 0.3) is 0 Å². The molecular weight excluding hydrogens is 236 g/mol. The fourth-order valence-electron chi connectivity index (χ4n) is 3.55. The molecule has 0 unspecified atom stereocenters. The molecule has 102 valence electrons. The van der Waals surface area contributed by atoms with E-state index in [9.17, 15) is 4.79 Å². The summed E-state index contributed by atoms with van der Waals surface area (Å²) in [5, 5.41) is 0. The summed E-state index contributed by atoms with van der Waals surface area (Å²) in [5.74, 6) is 1.51. The first-order valence-electron chi connectivity index (χ1n) is 7.16. The number of para-hydroxylation sites is 1. The molecule has 1 saturated heterocycles. The zero-order valence-corrected chi connectivity index (χ0v) is 12.0. The molecule has 2 aliphatic rings. The molecule has 2 aliphatic heterocycles. The number of hydrogen-bond donors (Lipinski definition) is 0. The van der Waals surface area contributed by atoms with Crippen molar-refractivity contribution in [3.05, 3.63) is 29.8 Å². The molecule has 2 atom stereocenters. The normalized spacial score (nSPS) is 25.5. The summed E-state index contributed by atoms with van der Waals surface area (Å²) >= 11 is 0. The molecule has 1 aromatic rings. The van der Waals surface area contributed by atoms with Gasteiger partial charge in [-0.05, 0) is 11.6 Å². The minimum Gasteiger partial charge on any atom is -0.374 e. The van der Waals surface area contributed by atoms with Gasteiger partial charge in [0.2, 0.25) is 5.91 Å². The molecule has 0 bridgehead atoms. The minimum atomic E-state index is 0.105. The Morgan fingerprint density at radius 1 is 1.21 bits per heavy atom. The highest BCUT2D eigenvalue weighted by Gasteiger charge is 2.40. The lowest BCUT2D eigenvalue weighted by molar-refractivity contribution is -0.133. The van der Waals surface area contributed by atoms with Gasteiger partial charge in [0.25, 0.3) is 0 Å². The van der Waals surface area contributed by atoms with Gasteiger partial charge in [-0.15, -0.1) is 0 Å². The number of hydrogen-bond acceptors (Lipinski definition) is 2. The van der Waals surface area contributed by atoms with Gasteiger partial charge >= 0.3 is 0 Å². The number of nitrogens with zero attached hydrogens (tertiary/aromatic N) is 2. The second-order valence-electron chi connectivity index (χ2n) is 6.20. The third-order valence-electron chi connectivity index (χ3n) is 4.50. The summed E-state index contributed by atoms with van der Waals surface area (Å²) in [7, 11) is 2.15. The van der Waals surface area contributed by atoms with Crippen LogP contribution in [0.4, 0.5) is 5.69 Å². The third kappa shape index (κ3) is 2.01. The molecule has 0 N–H and O–H groups in total. The summed E-state index contributed by atoms with van der Waals surface area (Å²) in [6.45, 7) is 6.85. The highest BCUT2D eigenvalue weighted by molar-refractivity contribution is 5.78. The van der Waals surface area contributed by atoms with E-state index in [0.29, 0.717) is 17.7 Å². The van der Waals surface area contributed by atoms with Crippen LogP contribution in [-0.4, -0.2) is 37.5 Å². The molecule has 3 heteroatoms. The minimum absolute atomic E-state index is 0.105. The van der Waals surface area contributed by atoms with Gasteiger partial charge in [-0.2, -0.15) is 0 Å². The quantitative estimate of drug-likeness (QED) is 0.772. The third-order valence-corrected chi connectivity index (χ3v) is 4.50. The number of carbonyl (C=O) groups is 1.